The van der Waals surface area contributed by atoms with Crippen molar-refractivity contribution < 1.29 is 82.0 Å². The Morgan fingerprint density at radius 1 is 0.807 bits per heavy atom. The minimum atomic E-state index is -1.40. The minimum Gasteiger partial charge on any atom is -0.460 e. The van der Waals surface area contributed by atoms with E-state index in [-0.39, 0.29) is 74.2 Å². The van der Waals surface area contributed by atoms with Crippen molar-refractivity contribution in [1.82, 2.24) is 16.0 Å². The zero-order chi connectivity index (χ0) is 42.7. The second-order valence-electron chi connectivity index (χ2n) is 13.4. The van der Waals surface area contributed by atoms with E-state index in [0.29, 0.717) is 26.4 Å². The highest BCUT2D eigenvalue weighted by Gasteiger charge is 2.47. The van der Waals surface area contributed by atoms with E-state index >= 15 is 0 Å². The number of amides is 3. The Hall–Kier alpha value is -3.64. The van der Waals surface area contributed by atoms with Gasteiger partial charge in [-0.15, -0.1) is 0 Å². The standard InChI is InChI=1S/C20H30N2O11.C16H30N2O6/c1-10-12(19(29)33-18(10)28)3-4-14(25)21-5-6-30-7-8-31-20-15(22-11(2)24)17(27)16(26)13(9-23)32-20;1-5-13-10(2)15(23-12(4)20)14(18-11(3)19)16(24-13)22-9-8-21-7-6-17/h13,15-17,20,23,26-27H,3-9H2,1-2H3,(H,21,25)(H,22,24);10,13-16H,5-9,17H2,1-4H3,(H,18,19). The molecule has 3 rings (SSSR count). The van der Waals surface area contributed by atoms with Crippen LogP contribution in [0.15, 0.2) is 11.1 Å². The van der Waals surface area contributed by atoms with Crippen LogP contribution in [0, 0.1) is 5.92 Å². The number of esters is 3. The van der Waals surface area contributed by atoms with Gasteiger partial charge in [-0.3, -0.25) is 19.2 Å². The summed E-state index contributed by atoms with van der Waals surface area (Å²) in [5.74, 6) is -2.89. The van der Waals surface area contributed by atoms with Crippen LogP contribution >= 0.6 is 0 Å². The van der Waals surface area contributed by atoms with E-state index in [1.807, 2.05) is 13.8 Å². The van der Waals surface area contributed by atoms with E-state index in [4.69, 9.17) is 38.9 Å². The second kappa shape index (κ2) is 25.7. The fourth-order valence-corrected chi connectivity index (χ4v) is 6.17. The van der Waals surface area contributed by atoms with E-state index in [2.05, 4.69) is 20.7 Å². The second-order valence-corrected chi connectivity index (χ2v) is 13.4. The van der Waals surface area contributed by atoms with E-state index in [1.54, 1.807) is 0 Å². The molecule has 0 spiro atoms. The third kappa shape index (κ3) is 16.3. The molecular weight excluding hydrogens is 760 g/mol. The predicted octanol–water partition coefficient (Wildman–Crippen LogP) is -2.55. The summed E-state index contributed by atoms with van der Waals surface area (Å²) in [6.07, 6.45) is -5.47. The first-order valence-corrected chi connectivity index (χ1v) is 18.9. The lowest BCUT2D eigenvalue weighted by atomic mass is 9.87. The highest BCUT2D eigenvalue weighted by Crippen LogP contribution is 2.31. The summed E-state index contributed by atoms with van der Waals surface area (Å²) in [6.45, 7) is 10.9. The van der Waals surface area contributed by atoms with Crippen LogP contribution in [0.5, 0.6) is 0 Å². The van der Waals surface area contributed by atoms with Gasteiger partial charge in [0.05, 0.1) is 52.4 Å². The van der Waals surface area contributed by atoms with Gasteiger partial charge in [-0.1, -0.05) is 13.8 Å². The normalized spacial score (nSPS) is 28.5. The molecule has 10 atom stereocenters. The first-order chi connectivity index (χ1) is 27.1. The van der Waals surface area contributed by atoms with Crippen molar-refractivity contribution in [1.29, 1.82) is 0 Å². The molecule has 3 aliphatic heterocycles. The molecule has 10 unspecified atom stereocenters. The summed E-state index contributed by atoms with van der Waals surface area (Å²) in [5.41, 5.74) is 5.78. The van der Waals surface area contributed by atoms with Crippen LogP contribution < -0.4 is 21.7 Å². The van der Waals surface area contributed by atoms with E-state index in [1.165, 1.54) is 27.7 Å². The zero-order valence-electron chi connectivity index (χ0n) is 33.4. The molecule has 3 aliphatic rings. The Kier molecular flexibility index (Phi) is 22.3. The molecule has 57 heavy (non-hydrogen) atoms. The van der Waals surface area contributed by atoms with Crippen molar-refractivity contribution in [2.24, 2.45) is 11.7 Å². The summed E-state index contributed by atoms with van der Waals surface area (Å²) in [4.78, 5) is 69.0. The molecule has 326 valence electrons. The van der Waals surface area contributed by atoms with Gasteiger partial charge in [0.1, 0.15) is 36.5 Å². The maximum Gasteiger partial charge on any atom is 0.342 e. The molecular formula is C36H60N4O17. The van der Waals surface area contributed by atoms with Gasteiger partial charge in [0, 0.05) is 57.3 Å². The number of cyclic esters (lactones) is 2. The van der Waals surface area contributed by atoms with Crippen molar-refractivity contribution in [3.05, 3.63) is 11.1 Å². The zero-order valence-corrected chi connectivity index (χ0v) is 33.4. The van der Waals surface area contributed by atoms with Crippen LogP contribution in [0.25, 0.3) is 0 Å². The van der Waals surface area contributed by atoms with Crippen LogP contribution in [-0.4, -0.2) is 165 Å². The summed E-state index contributed by atoms with van der Waals surface area (Å²) in [7, 11) is 0. The molecule has 0 saturated carbocycles. The van der Waals surface area contributed by atoms with E-state index in [0.717, 1.165) is 6.42 Å². The van der Waals surface area contributed by atoms with Gasteiger partial charge in [0.15, 0.2) is 12.6 Å². The number of rotatable bonds is 21. The number of hydrogen-bond donors (Lipinski definition) is 7. The summed E-state index contributed by atoms with van der Waals surface area (Å²) in [5, 5.41) is 37.3. The first kappa shape index (κ1) is 49.5. The molecule has 8 N–H and O–H groups in total. The SMILES string of the molecule is CC(=O)NC1C(OCCOCCNC(=O)CCC2=C(C)C(=O)OC2=O)OC(CO)C(O)C1O.CCC1OC(OCCOCCN)C(NC(C)=O)C(OC(C)=O)C1C. The molecule has 0 radical (unpaired) electrons. The number of carbonyl (C=O) groups is 6. The van der Waals surface area contributed by atoms with Crippen molar-refractivity contribution in [2.45, 2.75) is 116 Å². The minimum absolute atomic E-state index is 0.0131. The maximum atomic E-state index is 11.9. The predicted molar refractivity (Wildman–Crippen MR) is 195 cm³/mol. The molecule has 21 heteroatoms. The maximum absolute atomic E-state index is 11.9. The number of hydrogen-bond acceptors (Lipinski definition) is 18. The first-order valence-electron chi connectivity index (χ1n) is 18.9. The lowest BCUT2D eigenvalue weighted by Crippen LogP contribution is -2.64. The molecule has 3 amide bonds. The Balaban J connectivity index is 0.000000414. The summed E-state index contributed by atoms with van der Waals surface area (Å²) >= 11 is 0. The van der Waals surface area contributed by atoms with Gasteiger partial charge in [0.25, 0.3) is 0 Å². The highest BCUT2D eigenvalue weighted by molar-refractivity contribution is 6.12. The van der Waals surface area contributed by atoms with Crippen LogP contribution in [0.1, 0.15) is 60.8 Å². The summed E-state index contributed by atoms with van der Waals surface area (Å²) < 4.78 is 43.2. The van der Waals surface area contributed by atoms with Gasteiger partial charge >= 0.3 is 17.9 Å². The van der Waals surface area contributed by atoms with E-state index < -0.39 is 79.5 Å². The average Bonchev–Trinajstić information content (AvgIpc) is 3.40. The number of nitrogens with two attached hydrogens (primary N) is 1. The van der Waals surface area contributed by atoms with E-state index in [9.17, 15) is 44.1 Å². The molecule has 0 aromatic heterocycles. The van der Waals surface area contributed by atoms with Gasteiger partial charge in [0.2, 0.25) is 17.7 Å². The Morgan fingerprint density at radius 3 is 1.91 bits per heavy atom. The van der Waals surface area contributed by atoms with Crippen molar-refractivity contribution in [2.75, 3.05) is 59.3 Å². The van der Waals surface area contributed by atoms with Crippen LogP contribution in [0.3, 0.4) is 0 Å². The number of carbonyl (C=O) groups excluding carboxylic acids is 6. The monoisotopic (exact) mass is 820 g/mol. The largest absolute Gasteiger partial charge is 0.460 e. The fourth-order valence-electron chi connectivity index (χ4n) is 6.17. The molecule has 2 saturated heterocycles. The number of nitrogens with one attached hydrogen (secondary N) is 3. The lowest BCUT2D eigenvalue weighted by molar-refractivity contribution is -0.272. The molecule has 3 heterocycles. The fraction of sp³-hybridized carbons (Fsp3) is 0.778. The smallest absolute Gasteiger partial charge is 0.342 e. The Bertz CT molecular complexity index is 1370. The average molecular weight is 821 g/mol. The van der Waals surface area contributed by atoms with Crippen LogP contribution in [0.2, 0.25) is 0 Å². The summed E-state index contributed by atoms with van der Waals surface area (Å²) in [6, 6.07) is -1.61. The quantitative estimate of drug-likeness (QED) is 0.0356. The molecule has 0 aromatic carbocycles. The highest BCUT2D eigenvalue weighted by atomic mass is 16.7. The van der Waals surface area contributed by atoms with Gasteiger partial charge in [-0.2, -0.15) is 0 Å². The van der Waals surface area contributed by atoms with Crippen molar-refractivity contribution in [3.63, 3.8) is 0 Å². The Labute approximate surface area is 331 Å². The molecule has 21 nitrogen and oxygen atoms in total. The lowest BCUT2D eigenvalue weighted by Gasteiger charge is -2.44. The number of aliphatic hydroxyl groups is 3. The van der Waals surface area contributed by atoms with Crippen molar-refractivity contribution >= 4 is 35.6 Å². The third-order valence-electron chi connectivity index (χ3n) is 9.03. The molecule has 2 fully saturated rings. The molecule has 0 bridgehead atoms. The number of aliphatic hydroxyl groups excluding tert-OH is 3. The van der Waals surface area contributed by atoms with Crippen LogP contribution in [-0.2, 0) is 66.7 Å². The van der Waals surface area contributed by atoms with Crippen molar-refractivity contribution in [3.8, 4) is 0 Å². The Morgan fingerprint density at radius 2 is 1.39 bits per heavy atom. The van der Waals surface area contributed by atoms with Gasteiger partial charge in [-0.25, -0.2) is 9.59 Å². The number of ether oxygens (including phenoxy) is 8. The molecule has 0 aliphatic carbocycles. The van der Waals surface area contributed by atoms with Crippen LogP contribution in [0.4, 0.5) is 0 Å². The third-order valence-corrected chi connectivity index (χ3v) is 9.03. The topological polar surface area (TPSA) is 299 Å². The van der Waals surface area contributed by atoms with Gasteiger partial charge < -0.3 is 74.9 Å². The molecule has 0 aromatic rings. The van der Waals surface area contributed by atoms with Gasteiger partial charge in [-0.05, 0) is 19.8 Å².